The van der Waals surface area contributed by atoms with Crippen LogP contribution in [0.2, 0.25) is 0 Å². The van der Waals surface area contributed by atoms with Gasteiger partial charge in [-0.1, -0.05) is 19.3 Å². The maximum absolute atomic E-state index is 12.7. The monoisotopic (exact) mass is 340 g/mol. The first-order valence-electron chi connectivity index (χ1n) is 8.55. The van der Waals surface area contributed by atoms with E-state index in [1.807, 2.05) is 6.07 Å². The van der Waals surface area contributed by atoms with E-state index >= 15 is 0 Å². The quantitative estimate of drug-likeness (QED) is 0.649. The smallest absolute Gasteiger partial charge is 0.319 e. The minimum atomic E-state index is -0.448. The van der Waals surface area contributed by atoms with Gasteiger partial charge in [-0.15, -0.1) is 0 Å². The molecule has 1 saturated carbocycles. The summed E-state index contributed by atoms with van der Waals surface area (Å²) in [6.45, 7) is 0.250. The highest BCUT2D eigenvalue weighted by molar-refractivity contribution is 6.22. The number of hydrogen-bond donors (Lipinski definition) is 2. The zero-order valence-corrected chi connectivity index (χ0v) is 13.9. The second-order valence-corrected chi connectivity index (χ2v) is 6.32. The molecule has 1 aliphatic heterocycles. The molecule has 0 radical (unpaired) electrons. The van der Waals surface area contributed by atoms with E-state index < -0.39 is 6.03 Å². The number of amides is 4. The van der Waals surface area contributed by atoms with Gasteiger partial charge in [-0.05, 0) is 31.0 Å². The van der Waals surface area contributed by atoms with E-state index in [0.717, 1.165) is 32.1 Å². The Hall–Kier alpha value is -2.88. The van der Waals surface area contributed by atoms with Crippen LogP contribution in [0, 0.1) is 11.3 Å². The number of anilines is 1. The van der Waals surface area contributed by atoms with Crippen molar-refractivity contribution in [3.05, 3.63) is 29.3 Å². The van der Waals surface area contributed by atoms with Crippen molar-refractivity contribution >= 4 is 23.5 Å². The first-order chi connectivity index (χ1) is 12.1. The summed E-state index contributed by atoms with van der Waals surface area (Å²) >= 11 is 0. The molecule has 130 valence electrons. The van der Waals surface area contributed by atoms with Crippen molar-refractivity contribution in [2.24, 2.45) is 0 Å². The number of nitriles is 1. The second kappa shape index (κ2) is 7.34. The van der Waals surface area contributed by atoms with Crippen molar-refractivity contribution in [2.75, 3.05) is 11.9 Å². The zero-order valence-electron chi connectivity index (χ0n) is 13.9. The molecule has 3 rings (SSSR count). The third-order valence-electron chi connectivity index (χ3n) is 4.64. The van der Waals surface area contributed by atoms with Crippen molar-refractivity contribution in [3.8, 4) is 6.07 Å². The van der Waals surface area contributed by atoms with E-state index in [0.29, 0.717) is 16.8 Å². The van der Waals surface area contributed by atoms with Gasteiger partial charge in [-0.2, -0.15) is 5.26 Å². The summed E-state index contributed by atoms with van der Waals surface area (Å²) in [7, 11) is 0. The average molecular weight is 340 g/mol. The Bertz CT molecular complexity index is 747. The molecule has 0 saturated heterocycles. The van der Waals surface area contributed by atoms with Crippen molar-refractivity contribution in [1.29, 1.82) is 5.26 Å². The maximum atomic E-state index is 12.7. The first kappa shape index (κ1) is 17.0. The Labute approximate surface area is 146 Å². The highest BCUT2D eigenvalue weighted by Crippen LogP contribution is 2.32. The second-order valence-electron chi connectivity index (χ2n) is 6.32. The molecule has 7 nitrogen and oxygen atoms in total. The molecule has 1 heterocycles. The summed E-state index contributed by atoms with van der Waals surface area (Å²) in [6, 6.07) is 6.21. The van der Waals surface area contributed by atoms with Crippen molar-refractivity contribution in [2.45, 2.75) is 44.6 Å². The van der Waals surface area contributed by atoms with Gasteiger partial charge in [0.1, 0.15) is 0 Å². The first-order valence-corrected chi connectivity index (χ1v) is 8.55. The lowest BCUT2D eigenvalue weighted by Gasteiger charge is -2.29. The van der Waals surface area contributed by atoms with Crippen LogP contribution in [0.15, 0.2) is 18.2 Å². The molecule has 0 spiro atoms. The largest absolute Gasteiger partial charge is 0.337 e. The molecule has 25 heavy (non-hydrogen) atoms. The Morgan fingerprint density at radius 2 is 1.88 bits per heavy atom. The summed E-state index contributed by atoms with van der Waals surface area (Å²) in [4.78, 5) is 38.4. The molecule has 2 aliphatic rings. The number of benzene rings is 1. The summed E-state index contributed by atoms with van der Waals surface area (Å²) in [6.07, 6.45) is 5.16. The van der Waals surface area contributed by atoms with Gasteiger partial charge in [-0.3, -0.25) is 14.5 Å². The van der Waals surface area contributed by atoms with Crippen LogP contribution in [0.1, 0.15) is 59.2 Å². The Morgan fingerprint density at radius 1 is 1.16 bits per heavy atom. The molecule has 0 atom stereocenters. The molecule has 0 bridgehead atoms. The Balaban J connectivity index is 1.73. The SMILES string of the molecule is N#CCCNC(=O)Nc1ccc2c(c1)C(=O)N(C1CCCCC1)C2=O. The zero-order chi connectivity index (χ0) is 17.8. The van der Waals surface area contributed by atoms with E-state index in [1.165, 1.54) is 4.90 Å². The number of rotatable bonds is 4. The minimum Gasteiger partial charge on any atom is -0.337 e. The standard InChI is InChI=1S/C18H20N4O3/c19-9-4-10-20-18(25)21-12-7-8-14-15(11-12)17(24)22(16(14)23)13-5-2-1-3-6-13/h7-8,11,13H,1-6,10H2,(H2,20,21,25). The molecule has 4 amide bonds. The summed E-state index contributed by atoms with van der Waals surface area (Å²) in [5, 5.41) is 13.6. The summed E-state index contributed by atoms with van der Waals surface area (Å²) in [5.74, 6) is -0.516. The lowest BCUT2D eigenvalue weighted by Crippen LogP contribution is -2.40. The van der Waals surface area contributed by atoms with Crippen molar-refractivity contribution in [3.63, 3.8) is 0 Å². The van der Waals surface area contributed by atoms with Crippen LogP contribution < -0.4 is 10.6 Å². The van der Waals surface area contributed by atoms with E-state index in [4.69, 9.17) is 5.26 Å². The predicted molar refractivity (Wildman–Crippen MR) is 91.1 cm³/mol. The fourth-order valence-corrected chi connectivity index (χ4v) is 3.42. The Morgan fingerprint density at radius 3 is 2.60 bits per heavy atom. The Kier molecular flexibility index (Phi) is 4.98. The van der Waals surface area contributed by atoms with E-state index in [-0.39, 0.29) is 30.8 Å². The van der Waals surface area contributed by atoms with Crippen molar-refractivity contribution in [1.82, 2.24) is 10.2 Å². The normalized spacial score (nSPS) is 17.2. The van der Waals surface area contributed by atoms with Crippen LogP contribution in [0.4, 0.5) is 10.5 Å². The number of fused-ring (bicyclic) bond motifs is 1. The van der Waals surface area contributed by atoms with Crippen molar-refractivity contribution < 1.29 is 14.4 Å². The van der Waals surface area contributed by atoms with Crippen LogP contribution in [0.3, 0.4) is 0 Å². The fourth-order valence-electron chi connectivity index (χ4n) is 3.42. The lowest BCUT2D eigenvalue weighted by molar-refractivity contribution is 0.0549. The van der Waals surface area contributed by atoms with E-state index in [1.54, 1.807) is 18.2 Å². The van der Waals surface area contributed by atoms with Gasteiger partial charge in [-0.25, -0.2) is 4.79 Å². The van der Waals surface area contributed by atoms with Gasteiger partial charge in [0, 0.05) is 18.3 Å². The number of urea groups is 1. The third kappa shape index (κ3) is 3.48. The average Bonchev–Trinajstić information content (AvgIpc) is 2.86. The lowest BCUT2D eigenvalue weighted by atomic mass is 9.94. The fraction of sp³-hybridized carbons (Fsp3) is 0.444. The van der Waals surface area contributed by atoms with E-state index in [9.17, 15) is 14.4 Å². The van der Waals surface area contributed by atoms with Crippen LogP contribution in [0.5, 0.6) is 0 Å². The van der Waals surface area contributed by atoms with Gasteiger partial charge in [0.15, 0.2) is 0 Å². The van der Waals surface area contributed by atoms with Crippen LogP contribution in [-0.2, 0) is 0 Å². The summed E-state index contributed by atoms with van der Waals surface area (Å²) < 4.78 is 0. The molecule has 7 heteroatoms. The van der Waals surface area contributed by atoms with Crippen LogP contribution >= 0.6 is 0 Å². The van der Waals surface area contributed by atoms with E-state index in [2.05, 4.69) is 10.6 Å². The number of nitrogens with one attached hydrogen (secondary N) is 2. The van der Waals surface area contributed by atoms with Gasteiger partial charge in [0.2, 0.25) is 0 Å². The maximum Gasteiger partial charge on any atom is 0.319 e. The molecule has 1 aliphatic carbocycles. The number of carbonyl (C=O) groups excluding carboxylic acids is 3. The molecule has 1 aromatic rings. The predicted octanol–water partition coefficient (Wildman–Crippen LogP) is 2.65. The number of imide groups is 1. The highest BCUT2D eigenvalue weighted by Gasteiger charge is 2.40. The molecule has 1 aromatic carbocycles. The molecule has 2 N–H and O–H groups in total. The number of nitrogens with zero attached hydrogens (tertiary/aromatic N) is 2. The molecular weight excluding hydrogens is 320 g/mol. The topological polar surface area (TPSA) is 102 Å². The van der Waals surface area contributed by atoms with Crippen LogP contribution in [-0.4, -0.2) is 35.3 Å². The van der Waals surface area contributed by atoms with Gasteiger partial charge in [0.05, 0.1) is 23.6 Å². The number of hydrogen-bond acceptors (Lipinski definition) is 4. The number of carbonyl (C=O) groups is 3. The highest BCUT2D eigenvalue weighted by atomic mass is 16.2. The molecule has 0 aromatic heterocycles. The van der Waals surface area contributed by atoms with Crippen LogP contribution in [0.25, 0.3) is 0 Å². The molecular formula is C18H20N4O3. The third-order valence-corrected chi connectivity index (χ3v) is 4.64. The van der Waals surface area contributed by atoms with Gasteiger partial charge < -0.3 is 10.6 Å². The molecule has 1 fully saturated rings. The minimum absolute atomic E-state index is 0.0214. The van der Waals surface area contributed by atoms with Gasteiger partial charge in [0.25, 0.3) is 11.8 Å². The van der Waals surface area contributed by atoms with Gasteiger partial charge >= 0.3 is 6.03 Å². The summed E-state index contributed by atoms with van der Waals surface area (Å²) in [5.41, 5.74) is 1.18. The molecule has 0 unspecified atom stereocenters.